The maximum absolute atomic E-state index is 9.38. The van der Waals surface area contributed by atoms with Crippen molar-refractivity contribution in [2.75, 3.05) is 13.1 Å². The highest BCUT2D eigenvalue weighted by atomic mass is 16.3. The van der Waals surface area contributed by atoms with Crippen molar-refractivity contribution in [2.24, 2.45) is 0 Å². The van der Waals surface area contributed by atoms with Gasteiger partial charge in [0.2, 0.25) is 0 Å². The van der Waals surface area contributed by atoms with E-state index in [1.54, 1.807) is 0 Å². The third-order valence-corrected chi connectivity index (χ3v) is 3.02. The molecule has 13 heavy (non-hydrogen) atoms. The molecule has 78 valence electrons. The van der Waals surface area contributed by atoms with Gasteiger partial charge in [0.1, 0.15) is 0 Å². The first-order valence-corrected chi connectivity index (χ1v) is 5.66. The molecule has 1 heterocycles. The molecule has 2 heteroatoms. The molecule has 1 aliphatic heterocycles. The second kappa shape index (κ2) is 5.61. The normalized spacial score (nSPS) is 28.4. The van der Waals surface area contributed by atoms with E-state index in [-0.39, 0.29) is 6.10 Å². The van der Waals surface area contributed by atoms with Gasteiger partial charge in [0.25, 0.3) is 0 Å². The number of nitrogens with zero attached hydrogens (tertiary/aromatic N) is 1. The molecule has 1 N–H and O–H groups in total. The van der Waals surface area contributed by atoms with Crippen molar-refractivity contribution in [2.45, 2.75) is 58.1 Å². The smallest absolute Gasteiger partial charge is 0.0527 e. The molecular formula is C11H23NO. The first-order chi connectivity index (χ1) is 6.24. The number of likely N-dealkylation sites (tertiary alicyclic amines) is 1. The topological polar surface area (TPSA) is 23.5 Å². The summed E-state index contributed by atoms with van der Waals surface area (Å²) in [5.74, 6) is 0. The minimum atomic E-state index is -0.142. The van der Waals surface area contributed by atoms with Crippen LogP contribution in [0.1, 0.15) is 46.0 Å². The molecule has 0 radical (unpaired) electrons. The Hall–Kier alpha value is -0.0800. The lowest BCUT2D eigenvalue weighted by Gasteiger charge is -2.29. The van der Waals surface area contributed by atoms with Crippen molar-refractivity contribution in [3.8, 4) is 0 Å². The Morgan fingerprint density at radius 2 is 2.15 bits per heavy atom. The zero-order valence-electron chi connectivity index (χ0n) is 9.00. The Kier molecular flexibility index (Phi) is 4.74. The Morgan fingerprint density at radius 1 is 1.38 bits per heavy atom. The average molecular weight is 185 g/mol. The van der Waals surface area contributed by atoms with Gasteiger partial charge >= 0.3 is 0 Å². The summed E-state index contributed by atoms with van der Waals surface area (Å²) in [4.78, 5) is 2.53. The van der Waals surface area contributed by atoms with Crippen LogP contribution in [0.25, 0.3) is 0 Å². The molecule has 1 fully saturated rings. The highest BCUT2D eigenvalue weighted by Crippen LogP contribution is 2.19. The van der Waals surface area contributed by atoms with Gasteiger partial charge in [-0.2, -0.15) is 0 Å². The van der Waals surface area contributed by atoms with Crippen molar-refractivity contribution < 1.29 is 5.11 Å². The Morgan fingerprint density at radius 3 is 2.77 bits per heavy atom. The predicted octanol–water partition coefficient (Wildman–Crippen LogP) is 2.02. The first-order valence-electron chi connectivity index (χ1n) is 5.66. The Labute approximate surface area is 81.9 Å². The zero-order chi connectivity index (χ0) is 9.68. The molecule has 2 atom stereocenters. The SMILES string of the molecule is CCN1CCCCCC1CC(C)O. The van der Waals surface area contributed by atoms with Gasteiger partial charge < -0.3 is 10.0 Å². The fourth-order valence-corrected chi connectivity index (χ4v) is 2.31. The van der Waals surface area contributed by atoms with E-state index in [9.17, 15) is 5.11 Å². The van der Waals surface area contributed by atoms with Crippen LogP contribution in [0.4, 0.5) is 0 Å². The molecule has 0 bridgehead atoms. The quantitative estimate of drug-likeness (QED) is 0.727. The summed E-state index contributed by atoms with van der Waals surface area (Å²) in [6, 6.07) is 0.632. The second-order valence-electron chi connectivity index (χ2n) is 4.22. The van der Waals surface area contributed by atoms with Gasteiger partial charge in [-0.15, -0.1) is 0 Å². The van der Waals surface area contributed by atoms with E-state index in [1.165, 1.54) is 32.2 Å². The van der Waals surface area contributed by atoms with Crippen molar-refractivity contribution in [3.05, 3.63) is 0 Å². The minimum Gasteiger partial charge on any atom is -0.393 e. The van der Waals surface area contributed by atoms with Crippen LogP contribution in [-0.4, -0.2) is 35.2 Å². The average Bonchev–Trinajstić information content (AvgIpc) is 2.28. The van der Waals surface area contributed by atoms with Crippen LogP contribution in [0.2, 0.25) is 0 Å². The summed E-state index contributed by atoms with van der Waals surface area (Å²) in [5.41, 5.74) is 0. The zero-order valence-corrected chi connectivity index (χ0v) is 9.00. The molecule has 0 aromatic carbocycles. The standard InChI is InChI=1S/C11H23NO/c1-3-12-8-6-4-5-7-11(12)9-10(2)13/h10-11,13H,3-9H2,1-2H3. The second-order valence-corrected chi connectivity index (χ2v) is 4.22. The summed E-state index contributed by atoms with van der Waals surface area (Å²) >= 11 is 0. The molecule has 1 aliphatic rings. The Balaban J connectivity index is 2.44. The fourth-order valence-electron chi connectivity index (χ4n) is 2.31. The number of aliphatic hydroxyl groups excluding tert-OH is 1. The number of rotatable bonds is 3. The van der Waals surface area contributed by atoms with E-state index in [2.05, 4.69) is 11.8 Å². The van der Waals surface area contributed by atoms with Crippen LogP contribution in [0.5, 0.6) is 0 Å². The molecule has 0 aliphatic carbocycles. The van der Waals surface area contributed by atoms with Crippen molar-refractivity contribution in [3.63, 3.8) is 0 Å². The van der Waals surface area contributed by atoms with Crippen LogP contribution in [0.15, 0.2) is 0 Å². The summed E-state index contributed by atoms with van der Waals surface area (Å²) < 4.78 is 0. The lowest BCUT2D eigenvalue weighted by Crippen LogP contribution is -2.36. The van der Waals surface area contributed by atoms with Gasteiger partial charge in [-0.25, -0.2) is 0 Å². The maximum atomic E-state index is 9.38. The molecule has 2 nitrogen and oxygen atoms in total. The van der Waals surface area contributed by atoms with E-state index in [4.69, 9.17) is 0 Å². The van der Waals surface area contributed by atoms with E-state index in [0.717, 1.165) is 13.0 Å². The van der Waals surface area contributed by atoms with E-state index in [0.29, 0.717) is 6.04 Å². The molecule has 2 unspecified atom stereocenters. The van der Waals surface area contributed by atoms with Gasteiger partial charge in [-0.1, -0.05) is 19.8 Å². The number of hydrogen-bond acceptors (Lipinski definition) is 2. The van der Waals surface area contributed by atoms with Gasteiger partial charge in [0, 0.05) is 6.04 Å². The Bertz CT molecular complexity index is 136. The molecule has 1 saturated heterocycles. The first kappa shape index (κ1) is 11.0. The summed E-state index contributed by atoms with van der Waals surface area (Å²) in [5, 5.41) is 9.38. The third-order valence-electron chi connectivity index (χ3n) is 3.02. The minimum absolute atomic E-state index is 0.142. The van der Waals surface area contributed by atoms with Gasteiger partial charge in [-0.05, 0) is 39.3 Å². The fraction of sp³-hybridized carbons (Fsp3) is 1.00. The van der Waals surface area contributed by atoms with Crippen LogP contribution in [0.3, 0.4) is 0 Å². The molecule has 0 spiro atoms. The highest BCUT2D eigenvalue weighted by Gasteiger charge is 2.20. The van der Waals surface area contributed by atoms with E-state index < -0.39 is 0 Å². The van der Waals surface area contributed by atoms with Crippen LogP contribution >= 0.6 is 0 Å². The number of hydrogen-bond donors (Lipinski definition) is 1. The largest absolute Gasteiger partial charge is 0.393 e. The third kappa shape index (κ3) is 3.65. The molecule has 1 rings (SSSR count). The lowest BCUT2D eigenvalue weighted by atomic mass is 10.0. The van der Waals surface area contributed by atoms with Crippen LogP contribution in [-0.2, 0) is 0 Å². The van der Waals surface area contributed by atoms with E-state index >= 15 is 0 Å². The molecule has 0 aromatic rings. The summed E-state index contributed by atoms with van der Waals surface area (Å²) in [6.45, 7) is 6.49. The lowest BCUT2D eigenvalue weighted by molar-refractivity contribution is 0.116. The summed E-state index contributed by atoms with van der Waals surface area (Å²) in [6.07, 6.45) is 6.13. The number of aliphatic hydroxyl groups is 1. The highest BCUT2D eigenvalue weighted by molar-refractivity contribution is 4.76. The van der Waals surface area contributed by atoms with Crippen LogP contribution in [0, 0.1) is 0 Å². The van der Waals surface area contributed by atoms with Gasteiger partial charge in [-0.3, -0.25) is 0 Å². The molecular weight excluding hydrogens is 162 g/mol. The van der Waals surface area contributed by atoms with Gasteiger partial charge in [0.15, 0.2) is 0 Å². The maximum Gasteiger partial charge on any atom is 0.0527 e. The van der Waals surface area contributed by atoms with Crippen molar-refractivity contribution in [1.82, 2.24) is 4.90 Å². The molecule has 0 aromatic heterocycles. The molecule has 0 saturated carbocycles. The van der Waals surface area contributed by atoms with Gasteiger partial charge in [0.05, 0.1) is 6.10 Å². The van der Waals surface area contributed by atoms with Crippen molar-refractivity contribution in [1.29, 1.82) is 0 Å². The van der Waals surface area contributed by atoms with E-state index in [1.807, 2.05) is 6.92 Å². The molecule has 0 amide bonds. The summed E-state index contributed by atoms with van der Waals surface area (Å²) in [7, 11) is 0. The van der Waals surface area contributed by atoms with Crippen LogP contribution < -0.4 is 0 Å². The van der Waals surface area contributed by atoms with Crippen molar-refractivity contribution >= 4 is 0 Å². The monoisotopic (exact) mass is 185 g/mol. The predicted molar refractivity (Wildman–Crippen MR) is 55.8 cm³/mol.